The van der Waals surface area contributed by atoms with Gasteiger partial charge in [-0.15, -0.1) is 0 Å². The minimum atomic E-state index is -1.05. The molecule has 0 bridgehead atoms. The van der Waals surface area contributed by atoms with Gasteiger partial charge in [0.15, 0.2) is 17.7 Å². The van der Waals surface area contributed by atoms with Crippen LogP contribution >= 0.6 is 0 Å². The van der Waals surface area contributed by atoms with Gasteiger partial charge >= 0.3 is 0 Å². The molecule has 1 aromatic heterocycles. The van der Waals surface area contributed by atoms with Crippen LogP contribution in [-0.2, 0) is 4.79 Å². The summed E-state index contributed by atoms with van der Waals surface area (Å²) in [6, 6.07) is 8.41. The van der Waals surface area contributed by atoms with Gasteiger partial charge in [-0.3, -0.25) is 25.2 Å². The molecule has 2 amide bonds. The highest BCUT2D eigenvalue weighted by Crippen LogP contribution is 2.16. The number of amides is 2. The van der Waals surface area contributed by atoms with Crippen molar-refractivity contribution in [1.82, 2.24) is 15.8 Å². The maximum absolute atomic E-state index is 13.4. The summed E-state index contributed by atoms with van der Waals surface area (Å²) in [5.41, 5.74) is 3.45. The molecule has 23 heavy (non-hydrogen) atoms. The minimum Gasteiger partial charge on any atom is -0.478 e. The largest absolute Gasteiger partial charge is 0.478 e. The van der Waals surface area contributed by atoms with Gasteiger partial charge in [0, 0.05) is 6.20 Å². The third-order valence-electron chi connectivity index (χ3n) is 2.87. The Hall–Kier alpha value is -3.16. The number of halogens is 1. The van der Waals surface area contributed by atoms with E-state index in [9.17, 15) is 18.8 Å². The van der Waals surface area contributed by atoms with E-state index in [-0.39, 0.29) is 11.3 Å². The molecule has 8 heteroatoms. The van der Waals surface area contributed by atoms with Gasteiger partial charge in [0.25, 0.3) is 17.4 Å². The Morgan fingerprint density at radius 3 is 2.61 bits per heavy atom. The van der Waals surface area contributed by atoms with Gasteiger partial charge in [-0.25, -0.2) is 4.39 Å². The van der Waals surface area contributed by atoms with E-state index >= 15 is 0 Å². The molecule has 2 rings (SSSR count). The number of benzene rings is 1. The van der Waals surface area contributed by atoms with E-state index in [0.717, 1.165) is 0 Å². The maximum Gasteiger partial charge on any atom is 0.279 e. The Kier molecular flexibility index (Phi) is 5.08. The van der Waals surface area contributed by atoms with Crippen molar-refractivity contribution in [2.45, 2.75) is 13.0 Å². The van der Waals surface area contributed by atoms with Crippen molar-refractivity contribution >= 4 is 11.8 Å². The van der Waals surface area contributed by atoms with E-state index < -0.39 is 29.3 Å². The molecule has 0 aliphatic carbocycles. The summed E-state index contributed by atoms with van der Waals surface area (Å²) in [7, 11) is 0. The van der Waals surface area contributed by atoms with E-state index in [1.807, 2.05) is 0 Å². The summed E-state index contributed by atoms with van der Waals surface area (Å²) in [6.45, 7) is 1.39. The molecule has 0 aliphatic rings. The Labute approximate surface area is 130 Å². The van der Waals surface area contributed by atoms with Crippen LogP contribution in [0.2, 0.25) is 0 Å². The first-order chi connectivity index (χ1) is 11.0. The van der Waals surface area contributed by atoms with Crippen LogP contribution in [0.15, 0.2) is 47.4 Å². The molecular weight excluding hydrogens is 305 g/mol. The highest BCUT2D eigenvalue weighted by molar-refractivity contribution is 5.95. The van der Waals surface area contributed by atoms with Crippen molar-refractivity contribution < 1.29 is 18.7 Å². The number of pyridine rings is 1. The van der Waals surface area contributed by atoms with E-state index in [1.165, 1.54) is 43.5 Å². The summed E-state index contributed by atoms with van der Waals surface area (Å²) in [6.07, 6.45) is 0.323. The number of ether oxygens (including phenoxy) is 1. The van der Waals surface area contributed by atoms with Crippen molar-refractivity contribution in [3.8, 4) is 5.75 Å². The fourth-order valence-electron chi connectivity index (χ4n) is 1.67. The van der Waals surface area contributed by atoms with Crippen LogP contribution < -0.4 is 21.1 Å². The van der Waals surface area contributed by atoms with Crippen LogP contribution in [0.1, 0.15) is 17.3 Å². The quantitative estimate of drug-likeness (QED) is 0.724. The second kappa shape index (κ2) is 7.21. The lowest BCUT2D eigenvalue weighted by molar-refractivity contribution is -0.128. The lowest BCUT2D eigenvalue weighted by Crippen LogP contribution is -2.48. The Morgan fingerprint density at radius 2 is 1.91 bits per heavy atom. The summed E-state index contributed by atoms with van der Waals surface area (Å²) in [5.74, 6) is -2.17. The molecule has 120 valence electrons. The number of hydrogen-bond donors (Lipinski definition) is 3. The highest BCUT2D eigenvalue weighted by Gasteiger charge is 2.18. The number of rotatable bonds is 4. The van der Waals surface area contributed by atoms with Crippen LogP contribution in [0.3, 0.4) is 0 Å². The van der Waals surface area contributed by atoms with Gasteiger partial charge in [-0.1, -0.05) is 12.1 Å². The molecule has 0 saturated carbocycles. The first-order valence-electron chi connectivity index (χ1n) is 6.68. The van der Waals surface area contributed by atoms with Crippen molar-refractivity contribution in [3.63, 3.8) is 0 Å². The van der Waals surface area contributed by atoms with Crippen molar-refractivity contribution in [3.05, 3.63) is 64.3 Å². The molecule has 0 aliphatic heterocycles. The first kappa shape index (κ1) is 16.2. The van der Waals surface area contributed by atoms with Gasteiger partial charge in [0.1, 0.15) is 5.56 Å². The molecular formula is C15H14FN3O4. The monoisotopic (exact) mass is 319 g/mol. The number of para-hydroxylation sites is 1. The molecule has 1 heterocycles. The average molecular weight is 319 g/mol. The van der Waals surface area contributed by atoms with Gasteiger partial charge in [0.2, 0.25) is 0 Å². The molecule has 7 nitrogen and oxygen atoms in total. The topological polar surface area (TPSA) is 100 Å². The summed E-state index contributed by atoms with van der Waals surface area (Å²) in [5, 5.41) is 0. The van der Waals surface area contributed by atoms with Gasteiger partial charge in [0.05, 0.1) is 0 Å². The zero-order valence-electron chi connectivity index (χ0n) is 12.1. The van der Waals surface area contributed by atoms with E-state index in [2.05, 4.69) is 15.8 Å². The summed E-state index contributed by atoms with van der Waals surface area (Å²) in [4.78, 5) is 37.3. The Bertz CT molecular complexity index is 775. The molecule has 1 atom stereocenters. The molecule has 0 spiro atoms. The van der Waals surface area contributed by atoms with E-state index in [4.69, 9.17) is 4.74 Å². The van der Waals surface area contributed by atoms with E-state index in [0.29, 0.717) is 0 Å². The highest BCUT2D eigenvalue weighted by atomic mass is 19.1. The first-order valence-corrected chi connectivity index (χ1v) is 6.68. The fraction of sp³-hybridized carbons (Fsp3) is 0.133. The number of carbonyl (C=O) groups is 2. The average Bonchev–Trinajstić information content (AvgIpc) is 2.54. The zero-order valence-corrected chi connectivity index (χ0v) is 12.1. The SMILES string of the molecule is C[C@H](Oc1ccccc1F)C(=O)NNC(=O)c1ccc[nH]c1=O. The number of carbonyl (C=O) groups excluding carboxylic acids is 2. The van der Waals surface area contributed by atoms with Crippen LogP contribution in [0.5, 0.6) is 5.75 Å². The molecule has 3 N–H and O–H groups in total. The third-order valence-corrected chi connectivity index (χ3v) is 2.87. The molecule has 0 saturated heterocycles. The number of H-pyrrole nitrogens is 1. The molecule has 2 aromatic rings. The van der Waals surface area contributed by atoms with Crippen LogP contribution in [0, 0.1) is 5.82 Å². The second-order valence-corrected chi connectivity index (χ2v) is 4.55. The van der Waals surface area contributed by atoms with E-state index in [1.54, 1.807) is 6.07 Å². The fourth-order valence-corrected chi connectivity index (χ4v) is 1.67. The molecule has 0 fully saturated rings. The molecule has 0 radical (unpaired) electrons. The molecule has 1 aromatic carbocycles. The van der Waals surface area contributed by atoms with Crippen LogP contribution in [-0.4, -0.2) is 22.9 Å². The normalized spacial score (nSPS) is 11.4. The summed E-state index contributed by atoms with van der Waals surface area (Å²) < 4.78 is 18.6. The predicted octanol–water partition coefficient (Wildman–Crippen LogP) is 0.743. The van der Waals surface area contributed by atoms with Gasteiger partial charge in [-0.2, -0.15) is 0 Å². The number of aromatic nitrogens is 1. The van der Waals surface area contributed by atoms with Crippen molar-refractivity contribution in [2.75, 3.05) is 0 Å². The number of hydrazine groups is 1. The number of nitrogens with one attached hydrogen (secondary N) is 3. The standard InChI is InChI=1S/C15H14FN3O4/c1-9(23-12-7-3-2-6-11(12)16)13(20)18-19-15(22)10-5-4-8-17-14(10)21/h2-9H,1H3,(H,17,21)(H,18,20)(H,19,22)/t9-/m0/s1. The zero-order chi connectivity index (χ0) is 16.8. The van der Waals surface area contributed by atoms with Crippen molar-refractivity contribution in [1.29, 1.82) is 0 Å². The number of aromatic amines is 1. The van der Waals surface area contributed by atoms with Gasteiger partial charge < -0.3 is 9.72 Å². The maximum atomic E-state index is 13.4. The number of hydrogen-bond acceptors (Lipinski definition) is 4. The smallest absolute Gasteiger partial charge is 0.279 e. The Morgan fingerprint density at radius 1 is 1.17 bits per heavy atom. The van der Waals surface area contributed by atoms with Crippen molar-refractivity contribution in [2.24, 2.45) is 0 Å². The van der Waals surface area contributed by atoms with Crippen LogP contribution in [0.4, 0.5) is 4.39 Å². The second-order valence-electron chi connectivity index (χ2n) is 4.55. The minimum absolute atomic E-state index is 0.0824. The predicted molar refractivity (Wildman–Crippen MR) is 79.2 cm³/mol. The molecule has 0 unspecified atom stereocenters. The Balaban J connectivity index is 1.92. The van der Waals surface area contributed by atoms with Gasteiger partial charge in [-0.05, 0) is 31.2 Å². The van der Waals surface area contributed by atoms with Crippen LogP contribution in [0.25, 0.3) is 0 Å². The lowest BCUT2D eigenvalue weighted by Gasteiger charge is -2.15. The third kappa shape index (κ3) is 4.16. The lowest BCUT2D eigenvalue weighted by atomic mass is 10.3. The summed E-state index contributed by atoms with van der Waals surface area (Å²) >= 11 is 0.